The molecular formula is C28H30N2O9. The molecule has 0 saturated carbocycles. The van der Waals surface area contributed by atoms with Crippen molar-refractivity contribution in [2.75, 3.05) is 41.7 Å². The van der Waals surface area contributed by atoms with E-state index in [0.29, 0.717) is 46.7 Å². The first-order chi connectivity index (χ1) is 18.9. The number of rotatable bonds is 13. The van der Waals surface area contributed by atoms with Crippen molar-refractivity contribution in [3.63, 3.8) is 0 Å². The largest absolute Gasteiger partial charge is 0.497 e. The fourth-order valence-corrected chi connectivity index (χ4v) is 3.35. The number of esters is 1. The van der Waals surface area contributed by atoms with Crippen LogP contribution in [0, 0.1) is 0 Å². The van der Waals surface area contributed by atoms with Gasteiger partial charge in [-0.05, 0) is 67.1 Å². The second kappa shape index (κ2) is 14.1. The van der Waals surface area contributed by atoms with E-state index in [1.165, 1.54) is 39.7 Å². The summed E-state index contributed by atoms with van der Waals surface area (Å²) in [6, 6.07) is 14.7. The van der Waals surface area contributed by atoms with Gasteiger partial charge in [-0.15, -0.1) is 0 Å². The Kier molecular flexibility index (Phi) is 10.4. The topological polar surface area (TPSA) is 123 Å². The zero-order valence-electron chi connectivity index (χ0n) is 22.3. The normalized spacial score (nSPS) is 10.5. The van der Waals surface area contributed by atoms with Gasteiger partial charge in [0.2, 0.25) is 5.75 Å². The van der Waals surface area contributed by atoms with Gasteiger partial charge in [0.15, 0.2) is 29.6 Å². The first kappa shape index (κ1) is 28.6. The summed E-state index contributed by atoms with van der Waals surface area (Å²) in [6.45, 7) is 1.91. The fraction of sp³-hybridized carbons (Fsp3) is 0.250. The molecule has 0 aliphatic rings. The zero-order valence-corrected chi connectivity index (χ0v) is 22.3. The van der Waals surface area contributed by atoms with Crippen LogP contribution in [0.4, 0.5) is 0 Å². The number of ether oxygens (including phenoxy) is 7. The van der Waals surface area contributed by atoms with E-state index in [-0.39, 0.29) is 17.9 Å². The van der Waals surface area contributed by atoms with Crippen molar-refractivity contribution in [1.82, 2.24) is 5.43 Å². The molecule has 0 aromatic heterocycles. The predicted molar refractivity (Wildman–Crippen MR) is 143 cm³/mol. The number of nitrogens with zero attached hydrogens (tertiary/aromatic N) is 1. The van der Waals surface area contributed by atoms with E-state index in [1.54, 1.807) is 56.5 Å². The van der Waals surface area contributed by atoms with Gasteiger partial charge >= 0.3 is 5.97 Å². The van der Waals surface area contributed by atoms with Crippen LogP contribution in [0.1, 0.15) is 22.8 Å². The van der Waals surface area contributed by atoms with Crippen molar-refractivity contribution >= 4 is 18.1 Å². The number of nitrogens with one attached hydrogen (secondary N) is 1. The third-order valence-corrected chi connectivity index (χ3v) is 5.20. The van der Waals surface area contributed by atoms with Crippen LogP contribution < -0.4 is 38.6 Å². The average molecular weight is 539 g/mol. The molecule has 0 bridgehead atoms. The minimum Gasteiger partial charge on any atom is -0.497 e. The predicted octanol–water partition coefficient (Wildman–Crippen LogP) is 3.87. The highest BCUT2D eigenvalue weighted by molar-refractivity contribution is 5.93. The van der Waals surface area contributed by atoms with E-state index in [4.69, 9.17) is 33.2 Å². The SMILES string of the molecule is CCOc1cc(/C=N/NC(=O)COc2ccc(OC)cc2)ccc1OC(=O)c1cc(OC)c(OC)c(OC)c1. The van der Waals surface area contributed by atoms with Gasteiger partial charge in [-0.3, -0.25) is 4.79 Å². The molecule has 3 aromatic carbocycles. The van der Waals surface area contributed by atoms with Crippen LogP contribution in [0.15, 0.2) is 59.7 Å². The van der Waals surface area contributed by atoms with Crippen molar-refractivity contribution < 1.29 is 42.7 Å². The molecule has 39 heavy (non-hydrogen) atoms. The molecule has 3 aromatic rings. The molecular weight excluding hydrogens is 508 g/mol. The van der Waals surface area contributed by atoms with Gasteiger partial charge in [-0.25, -0.2) is 10.2 Å². The minimum absolute atomic E-state index is 0.192. The lowest BCUT2D eigenvalue weighted by molar-refractivity contribution is -0.123. The lowest BCUT2D eigenvalue weighted by Gasteiger charge is -2.15. The maximum absolute atomic E-state index is 12.9. The van der Waals surface area contributed by atoms with Crippen molar-refractivity contribution in [2.45, 2.75) is 6.92 Å². The molecule has 1 amide bonds. The van der Waals surface area contributed by atoms with Crippen molar-refractivity contribution in [3.05, 3.63) is 65.7 Å². The van der Waals surface area contributed by atoms with Gasteiger partial charge < -0.3 is 33.2 Å². The highest BCUT2D eigenvalue weighted by Gasteiger charge is 2.20. The van der Waals surface area contributed by atoms with Crippen molar-refractivity contribution in [3.8, 4) is 40.2 Å². The molecule has 0 atom stereocenters. The molecule has 0 fully saturated rings. The van der Waals surface area contributed by atoms with Gasteiger partial charge in [0.1, 0.15) is 11.5 Å². The lowest BCUT2D eigenvalue weighted by atomic mass is 10.1. The second-order valence-corrected chi connectivity index (χ2v) is 7.70. The Morgan fingerprint density at radius 1 is 0.769 bits per heavy atom. The van der Waals surface area contributed by atoms with E-state index >= 15 is 0 Å². The van der Waals surface area contributed by atoms with Gasteiger partial charge in [0.05, 0.1) is 46.8 Å². The number of carbonyl (C=O) groups excluding carboxylic acids is 2. The molecule has 11 nitrogen and oxygen atoms in total. The number of hydrogen-bond acceptors (Lipinski definition) is 10. The van der Waals surface area contributed by atoms with Crippen LogP contribution in [0.5, 0.6) is 40.2 Å². The van der Waals surface area contributed by atoms with Crippen LogP contribution in [0.2, 0.25) is 0 Å². The summed E-state index contributed by atoms with van der Waals surface area (Å²) in [5.41, 5.74) is 3.19. The maximum atomic E-state index is 12.9. The van der Waals surface area contributed by atoms with Crippen molar-refractivity contribution in [2.24, 2.45) is 5.10 Å². The summed E-state index contributed by atoms with van der Waals surface area (Å²) in [5, 5.41) is 3.95. The van der Waals surface area contributed by atoms with E-state index < -0.39 is 11.9 Å². The zero-order chi connectivity index (χ0) is 28.2. The Bertz CT molecular complexity index is 1280. The molecule has 3 rings (SSSR count). The van der Waals surface area contributed by atoms with Gasteiger partial charge in [-0.1, -0.05) is 0 Å². The number of amides is 1. The third kappa shape index (κ3) is 7.78. The summed E-state index contributed by atoms with van der Waals surface area (Å²) < 4.78 is 37.6. The molecule has 0 aliphatic carbocycles. The Morgan fingerprint density at radius 3 is 2.03 bits per heavy atom. The Morgan fingerprint density at radius 2 is 1.44 bits per heavy atom. The number of hydrazone groups is 1. The molecule has 11 heteroatoms. The van der Waals surface area contributed by atoms with Crippen LogP contribution in [-0.4, -0.2) is 59.7 Å². The molecule has 1 N–H and O–H groups in total. The highest BCUT2D eigenvalue weighted by Crippen LogP contribution is 2.39. The molecule has 0 unspecified atom stereocenters. The first-order valence-electron chi connectivity index (χ1n) is 11.8. The maximum Gasteiger partial charge on any atom is 0.343 e. The summed E-state index contributed by atoms with van der Waals surface area (Å²) in [7, 11) is 5.95. The first-order valence-corrected chi connectivity index (χ1v) is 11.8. The van der Waals surface area contributed by atoms with Gasteiger partial charge in [0, 0.05) is 0 Å². The molecule has 206 valence electrons. The average Bonchev–Trinajstić information content (AvgIpc) is 2.96. The summed E-state index contributed by atoms with van der Waals surface area (Å²) in [6.07, 6.45) is 1.43. The van der Waals surface area contributed by atoms with E-state index in [1.807, 2.05) is 0 Å². The molecule has 0 heterocycles. The Balaban J connectivity index is 1.65. The second-order valence-electron chi connectivity index (χ2n) is 7.70. The third-order valence-electron chi connectivity index (χ3n) is 5.20. The van der Waals surface area contributed by atoms with E-state index in [2.05, 4.69) is 10.5 Å². The summed E-state index contributed by atoms with van der Waals surface area (Å²) in [5.74, 6) is 1.62. The summed E-state index contributed by atoms with van der Waals surface area (Å²) in [4.78, 5) is 25.0. The minimum atomic E-state index is -0.652. The highest BCUT2D eigenvalue weighted by atomic mass is 16.6. The van der Waals surface area contributed by atoms with Crippen LogP contribution in [-0.2, 0) is 4.79 Å². The number of benzene rings is 3. The number of hydrogen-bond donors (Lipinski definition) is 1. The monoisotopic (exact) mass is 538 g/mol. The molecule has 0 spiro atoms. The summed E-state index contributed by atoms with van der Waals surface area (Å²) >= 11 is 0. The lowest BCUT2D eigenvalue weighted by Crippen LogP contribution is -2.24. The van der Waals surface area contributed by atoms with Crippen LogP contribution in [0.3, 0.4) is 0 Å². The van der Waals surface area contributed by atoms with Crippen LogP contribution in [0.25, 0.3) is 0 Å². The van der Waals surface area contributed by atoms with E-state index in [0.717, 1.165) is 0 Å². The van der Waals surface area contributed by atoms with Crippen LogP contribution >= 0.6 is 0 Å². The quantitative estimate of drug-likeness (QED) is 0.150. The van der Waals surface area contributed by atoms with Crippen molar-refractivity contribution in [1.29, 1.82) is 0 Å². The smallest absolute Gasteiger partial charge is 0.343 e. The standard InChI is InChI=1S/C28H30N2O9/c1-6-37-23-13-18(16-29-30-26(31)17-38-21-10-8-20(33-2)9-11-21)7-12-22(23)39-28(32)19-14-24(34-3)27(36-5)25(15-19)35-4/h7-16H,6,17H2,1-5H3,(H,30,31)/b29-16+. The molecule has 0 radical (unpaired) electrons. The molecule has 0 aliphatic heterocycles. The van der Waals surface area contributed by atoms with Gasteiger partial charge in [-0.2, -0.15) is 5.10 Å². The van der Waals surface area contributed by atoms with Gasteiger partial charge in [0.25, 0.3) is 5.91 Å². The fourth-order valence-electron chi connectivity index (χ4n) is 3.35. The van der Waals surface area contributed by atoms with E-state index in [9.17, 15) is 9.59 Å². The Hall–Kier alpha value is -4.93. The number of methoxy groups -OCH3 is 4. The molecule has 0 saturated heterocycles. The Labute approximate surface area is 226 Å². The number of carbonyl (C=O) groups is 2.